The van der Waals surface area contributed by atoms with Gasteiger partial charge in [0.25, 0.3) is 0 Å². The van der Waals surface area contributed by atoms with Crippen LogP contribution in [0.15, 0.2) is 0 Å². The molecule has 8 heteroatoms. The molecule has 0 radical (unpaired) electrons. The number of anilines is 2. The number of thioether (sulfide) groups is 1. The van der Waals surface area contributed by atoms with Crippen molar-refractivity contribution in [3.63, 3.8) is 0 Å². The van der Waals surface area contributed by atoms with E-state index in [4.69, 9.17) is 11.6 Å². The highest BCUT2D eigenvalue weighted by Crippen LogP contribution is 2.46. The Kier molecular flexibility index (Phi) is 5.82. The van der Waals surface area contributed by atoms with Crippen LogP contribution in [0.3, 0.4) is 0 Å². The first-order chi connectivity index (χ1) is 11.2. The van der Waals surface area contributed by atoms with Crippen molar-refractivity contribution in [3.05, 3.63) is 5.28 Å². The number of nitrogens with zero attached hydrogens (tertiary/aromatic N) is 6. The molecule has 1 aliphatic rings. The minimum Gasteiger partial charge on any atom is -0.338 e. The third kappa shape index (κ3) is 3.55. The van der Waals surface area contributed by atoms with Crippen LogP contribution in [-0.4, -0.2) is 43.7 Å². The maximum atomic E-state index is 9.71. The van der Waals surface area contributed by atoms with E-state index in [-0.39, 0.29) is 27.5 Å². The van der Waals surface area contributed by atoms with Crippen molar-refractivity contribution in [2.45, 2.75) is 70.2 Å². The number of hydrogen-bond acceptors (Lipinski definition) is 7. The smallest absolute Gasteiger partial charge is 0.233 e. The van der Waals surface area contributed by atoms with Crippen LogP contribution >= 0.6 is 23.4 Å². The molecule has 2 heterocycles. The van der Waals surface area contributed by atoms with Gasteiger partial charge in [-0.15, -0.1) is 11.8 Å². The van der Waals surface area contributed by atoms with E-state index >= 15 is 0 Å². The molecule has 0 aromatic carbocycles. The Hall–Kier alpha value is -1.26. The summed E-state index contributed by atoms with van der Waals surface area (Å²) in [6.45, 7) is 13.3. The molecule has 2 rings (SSSR count). The summed E-state index contributed by atoms with van der Waals surface area (Å²) in [6.07, 6.45) is 0.895. The van der Waals surface area contributed by atoms with Crippen LogP contribution in [0, 0.1) is 11.3 Å². The maximum absolute atomic E-state index is 9.71. The van der Waals surface area contributed by atoms with E-state index in [9.17, 15) is 5.26 Å². The summed E-state index contributed by atoms with van der Waals surface area (Å²) in [5.41, 5.74) is 0. The van der Waals surface area contributed by atoms with Crippen molar-refractivity contribution in [3.8, 4) is 6.07 Å². The lowest BCUT2D eigenvalue weighted by molar-refractivity contribution is 0.584. The average Bonchev–Trinajstić information content (AvgIpc) is 2.77. The van der Waals surface area contributed by atoms with Crippen LogP contribution in [0.25, 0.3) is 0 Å². The van der Waals surface area contributed by atoms with E-state index in [2.05, 4.69) is 67.5 Å². The van der Waals surface area contributed by atoms with Gasteiger partial charge in [0.05, 0.1) is 11.4 Å². The van der Waals surface area contributed by atoms with Crippen LogP contribution in [0.2, 0.25) is 5.28 Å². The predicted molar refractivity (Wildman–Crippen MR) is 101 cm³/mol. The minimum absolute atomic E-state index is 0.144. The molecule has 2 atom stereocenters. The lowest BCUT2D eigenvalue weighted by Crippen LogP contribution is -2.42. The van der Waals surface area contributed by atoms with Crippen molar-refractivity contribution in [1.29, 1.82) is 5.26 Å². The molecule has 132 valence electrons. The fraction of sp³-hybridized carbons (Fsp3) is 0.750. The van der Waals surface area contributed by atoms with Crippen LogP contribution in [0.1, 0.15) is 48.0 Å². The molecule has 1 fully saturated rings. The molecular weight excluding hydrogens is 344 g/mol. The summed E-state index contributed by atoms with van der Waals surface area (Å²) in [5, 5.41) is 10.0. The summed E-state index contributed by atoms with van der Waals surface area (Å²) in [6, 6.07) is 2.36. The lowest BCUT2D eigenvalue weighted by Gasteiger charge is -2.29. The molecule has 6 nitrogen and oxygen atoms in total. The number of hydrogen-bond donors (Lipinski definition) is 0. The predicted octanol–water partition coefficient (Wildman–Crippen LogP) is 3.72. The van der Waals surface area contributed by atoms with Crippen molar-refractivity contribution in [2.75, 3.05) is 16.3 Å². The van der Waals surface area contributed by atoms with Gasteiger partial charge < -0.3 is 9.80 Å². The van der Waals surface area contributed by atoms with Gasteiger partial charge in [0.1, 0.15) is 6.04 Å². The highest BCUT2D eigenvalue weighted by Gasteiger charge is 2.48. The highest BCUT2D eigenvalue weighted by atomic mass is 35.5. The molecule has 1 aromatic heterocycles. The normalized spacial score (nSPS) is 22.7. The molecule has 1 aliphatic heterocycles. The van der Waals surface area contributed by atoms with Gasteiger partial charge in [-0.05, 0) is 52.6 Å². The second-order valence-electron chi connectivity index (χ2n) is 6.61. The van der Waals surface area contributed by atoms with Crippen molar-refractivity contribution >= 4 is 35.3 Å². The Morgan fingerprint density at radius 1 is 1.33 bits per heavy atom. The summed E-state index contributed by atoms with van der Waals surface area (Å²) >= 11 is 7.96. The van der Waals surface area contributed by atoms with E-state index in [1.54, 1.807) is 11.8 Å². The molecule has 1 saturated heterocycles. The standard InChI is InChI=1S/C16H25ClN6S/c1-7-12-23(11(9-18)16(5,6)24-12)15-20-13(17)19-14(21-15)22(8-2)10(3)4/h10-12H,7-8H2,1-6H3. The van der Waals surface area contributed by atoms with Crippen LogP contribution in [0.4, 0.5) is 11.9 Å². The van der Waals surface area contributed by atoms with Gasteiger partial charge in [-0.1, -0.05) is 6.92 Å². The quantitative estimate of drug-likeness (QED) is 0.784. The summed E-state index contributed by atoms with van der Waals surface area (Å²) in [7, 11) is 0. The second-order valence-corrected chi connectivity index (χ2v) is 8.78. The van der Waals surface area contributed by atoms with E-state index in [1.807, 2.05) is 4.90 Å². The molecule has 0 bridgehead atoms. The Labute approximate surface area is 153 Å². The number of nitriles is 1. The van der Waals surface area contributed by atoms with E-state index in [0.717, 1.165) is 13.0 Å². The Balaban J connectivity index is 2.51. The summed E-state index contributed by atoms with van der Waals surface area (Å²) in [5.74, 6) is 1.05. The molecule has 0 N–H and O–H groups in total. The topological polar surface area (TPSA) is 68.9 Å². The molecule has 0 spiro atoms. The molecule has 24 heavy (non-hydrogen) atoms. The van der Waals surface area contributed by atoms with E-state index in [0.29, 0.717) is 11.9 Å². The first-order valence-corrected chi connectivity index (χ1v) is 9.54. The third-order valence-electron chi connectivity index (χ3n) is 4.19. The highest BCUT2D eigenvalue weighted by molar-refractivity contribution is 8.01. The second kappa shape index (κ2) is 7.32. The number of aromatic nitrogens is 3. The fourth-order valence-electron chi connectivity index (χ4n) is 3.03. The van der Waals surface area contributed by atoms with Crippen molar-refractivity contribution < 1.29 is 0 Å². The zero-order valence-electron chi connectivity index (χ0n) is 15.1. The number of halogens is 1. The van der Waals surface area contributed by atoms with Crippen LogP contribution in [-0.2, 0) is 0 Å². The third-order valence-corrected chi connectivity index (χ3v) is 6.03. The molecule has 0 amide bonds. The average molecular weight is 369 g/mol. The molecule has 2 unspecified atom stereocenters. The van der Waals surface area contributed by atoms with Crippen LogP contribution < -0.4 is 9.80 Å². The largest absolute Gasteiger partial charge is 0.338 e. The van der Waals surface area contributed by atoms with Gasteiger partial charge >= 0.3 is 0 Å². The van der Waals surface area contributed by atoms with Gasteiger partial charge in [0.15, 0.2) is 0 Å². The van der Waals surface area contributed by atoms with Crippen molar-refractivity contribution in [2.24, 2.45) is 0 Å². The van der Waals surface area contributed by atoms with Gasteiger partial charge in [-0.3, -0.25) is 0 Å². The SMILES string of the molecule is CCC1SC(C)(C)C(C#N)N1c1nc(Cl)nc(N(CC)C(C)C)n1. The summed E-state index contributed by atoms with van der Waals surface area (Å²) in [4.78, 5) is 17.3. The van der Waals surface area contributed by atoms with Gasteiger partial charge in [-0.2, -0.15) is 20.2 Å². The van der Waals surface area contributed by atoms with Crippen molar-refractivity contribution in [1.82, 2.24) is 15.0 Å². The first kappa shape index (κ1) is 19.1. The Morgan fingerprint density at radius 2 is 2.00 bits per heavy atom. The minimum atomic E-state index is -0.312. The zero-order valence-corrected chi connectivity index (χ0v) is 16.7. The van der Waals surface area contributed by atoms with E-state index in [1.165, 1.54) is 0 Å². The van der Waals surface area contributed by atoms with Gasteiger partial charge in [0.2, 0.25) is 17.2 Å². The zero-order chi connectivity index (χ0) is 18.1. The Morgan fingerprint density at radius 3 is 2.50 bits per heavy atom. The lowest BCUT2D eigenvalue weighted by atomic mass is 10.0. The molecule has 0 saturated carbocycles. The molecule has 0 aliphatic carbocycles. The van der Waals surface area contributed by atoms with E-state index < -0.39 is 0 Å². The molecule has 1 aromatic rings. The fourth-order valence-corrected chi connectivity index (χ4v) is 4.67. The maximum Gasteiger partial charge on any atom is 0.233 e. The van der Waals surface area contributed by atoms with Gasteiger partial charge in [-0.25, -0.2) is 0 Å². The monoisotopic (exact) mass is 368 g/mol. The molecular formula is C16H25ClN6S. The first-order valence-electron chi connectivity index (χ1n) is 8.29. The summed E-state index contributed by atoms with van der Waals surface area (Å²) < 4.78 is -0.197. The van der Waals surface area contributed by atoms with Crippen LogP contribution in [0.5, 0.6) is 0 Å². The Bertz CT molecular complexity index is 629. The van der Waals surface area contributed by atoms with Gasteiger partial charge in [0, 0.05) is 17.3 Å². The number of rotatable bonds is 5.